The third-order valence-electron chi connectivity index (χ3n) is 4.26. The van der Waals surface area contributed by atoms with Gasteiger partial charge in [0.1, 0.15) is 5.75 Å². The highest BCUT2D eigenvalue weighted by Gasteiger charge is 2.42. The van der Waals surface area contributed by atoms with E-state index in [1.165, 1.54) is 6.42 Å². The summed E-state index contributed by atoms with van der Waals surface area (Å²) in [5.41, 5.74) is 1.10. The van der Waals surface area contributed by atoms with Crippen LogP contribution in [0.3, 0.4) is 0 Å². The van der Waals surface area contributed by atoms with Crippen molar-refractivity contribution in [2.75, 3.05) is 7.11 Å². The maximum atomic E-state index is 12.2. The molecule has 2 heterocycles. The molecule has 2 saturated heterocycles. The number of carbonyl (C=O) groups excluding carboxylic acids is 1. The Kier molecular flexibility index (Phi) is 3.42. The van der Waals surface area contributed by atoms with Crippen molar-refractivity contribution >= 4 is 5.91 Å². The monoisotopic (exact) mass is 260 g/mol. The molecule has 4 nitrogen and oxygen atoms in total. The van der Waals surface area contributed by atoms with Gasteiger partial charge < -0.3 is 15.4 Å². The molecule has 102 valence electrons. The van der Waals surface area contributed by atoms with Crippen molar-refractivity contribution in [1.29, 1.82) is 0 Å². The van der Waals surface area contributed by atoms with Crippen molar-refractivity contribution in [3.05, 3.63) is 29.8 Å². The average Bonchev–Trinajstić information content (AvgIpc) is 3.08. The fourth-order valence-corrected chi connectivity index (χ4v) is 3.18. The molecule has 2 bridgehead atoms. The average molecular weight is 260 g/mol. The second-order valence-electron chi connectivity index (χ2n) is 5.46. The zero-order valence-electron chi connectivity index (χ0n) is 11.2. The molecule has 2 aliphatic heterocycles. The van der Waals surface area contributed by atoms with Crippen molar-refractivity contribution in [2.45, 2.75) is 37.9 Å². The Morgan fingerprint density at radius 2 is 2.16 bits per heavy atom. The Labute approximate surface area is 113 Å². The van der Waals surface area contributed by atoms with E-state index in [0.717, 1.165) is 24.2 Å². The molecule has 0 aromatic heterocycles. The number of methoxy groups -OCH3 is 1. The fraction of sp³-hybridized carbons (Fsp3) is 0.533. The summed E-state index contributed by atoms with van der Waals surface area (Å²) in [6, 6.07) is 8.78. The van der Waals surface area contributed by atoms with Crippen LogP contribution in [0.1, 0.15) is 24.8 Å². The molecule has 0 aliphatic carbocycles. The first-order valence-electron chi connectivity index (χ1n) is 6.93. The number of ether oxygens (including phenoxy) is 1. The van der Waals surface area contributed by atoms with E-state index in [9.17, 15) is 4.79 Å². The van der Waals surface area contributed by atoms with Gasteiger partial charge in [-0.2, -0.15) is 0 Å². The number of carbonyl (C=O) groups is 1. The molecule has 0 spiro atoms. The summed E-state index contributed by atoms with van der Waals surface area (Å²) < 4.78 is 5.11. The van der Waals surface area contributed by atoms with Gasteiger partial charge in [-0.05, 0) is 37.0 Å². The SMILES string of the molecule is COc1ccc(CNC(=O)C2CC3CCC2N3)cc1. The summed E-state index contributed by atoms with van der Waals surface area (Å²) in [5, 5.41) is 6.54. The second-order valence-corrected chi connectivity index (χ2v) is 5.46. The normalized spacial score (nSPS) is 28.4. The second kappa shape index (κ2) is 5.21. The predicted molar refractivity (Wildman–Crippen MR) is 72.9 cm³/mol. The molecule has 0 saturated carbocycles. The van der Waals surface area contributed by atoms with Crippen molar-refractivity contribution in [1.82, 2.24) is 10.6 Å². The topological polar surface area (TPSA) is 50.4 Å². The summed E-state index contributed by atoms with van der Waals surface area (Å²) in [4.78, 5) is 12.2. The van der Waals surface area contributed by atoms with Crippen LogP contribution in [0.4, 0.5) is 0 Å². The third kappa shape index (κ3) is 2.59. The fourth-order valence-electron chi connectivity index (χ4n) is 3.18. The number of rotatable bonds is 4. The van der Waals surface area contributed by atoms with Gasteiger partial charge in [-0.25, -0.2) is 0 Å². The standard InChI is InChI=1S/C15H20N2O2/c1-19-12-5-2-10(3-6-12)9-16-15(18)13-8-11-4-7-14(13)17-11/h2-3,5-6,11,13-14,17H,4,7-9H2,1H3,(H,16,18). The summed E-state index contributed by atoms with van der Waals surface area (Å²) in [5.74, 6) is 1.19. The summed E-state index contributed by atoms with van der Waals surface area (Å²) >= 11 is 0. The molecule has 2 aliphatic rings. The summed E-state index contributed by atoms with van der Waals surface area (Å²) in [6.07, 6.45) is 3.37. The van der Waals surface area contributed by atoms with Crippen LogP contribution in [-0.4, -0.2) is 25.1 Å². The lowest BCUT2D eigenvalue weighted by atomic mass is 9.88. The van der Waals surface area contributed by atoms with E-state index in [1.807, 2.05) is 24.3 Å². The van der Waals surface area contributed by atoms with Crippen LogP contribution in [0.25, 0.3) is 0 Å². The molecule has 19 heavy (non-hydrogen) atoms. The lowest BCUT2D eigenvalue weighted by Crippen LogP contribution is -2.37. The van der Waals surface area contributed by atoms with E-state index < -0.39 is 0 Å². The first-order chi connectivity index (χ1) is 9.26. The minimum Gasteiger partial charge on any atom is -0.497 e. The number of benzene rings is 1. The first-order valence-corrected chi connectivity index (χ1v) is 6.93. The van der Waals surface area contributed by atoms with E-state index in [2.05, 4.69) is 10.6 Å². The molecule has 0 radical (unpaired) electrons. The molecule has 3 rings (SSSR count). The highest BCUT2D eigenvalue weighted by atomic mass is 16.5. The van der Waals surface area contributed by atoms with Crippen molar-refractivity contribution in [2.24, 2.45) is 5.92 Å². The number of hydrogen-bond acceptors (Lipinski definition) is 3. The number of hydrogen-bond donors (Lipinski definition) is 2. The number of nitrogens with one attached hydrogen (secondary N) is 2. The van der Waals surface area contributed by atoms with Gasteiger partial charge in [-0.3, -0.25) is 4.79 Å². The van der Waals surface area contributed by atoms with Gasteiger partial charge in [-0.15, -0.1) is 0 Å². The van der Waals surface area contributed by atoms with Crippen LogP contribution in [0.5, 0.6) is 5.75 Å². The lowest BCUT2D eigenvalue weighted by Gasteiger charge is -2.19. The molecule has 1 amide bonds. The Morgan fingerprint density at radius 1 is 1.37 bits per heavy atom. The number of fused-ring (bicyclic) bond motifs is 2. The van der Waals surface area contributed by atoms with E-state index in [1.54, 1.807) is 7.11 Å². The van der Waals surface area contributed by atoms with Crippen LogP contribution in [-0.2, 0) is 11.3 Å². The largest absolute Gasteiger partial charge is 0.497 e. The van der Waals surface area contributed by atoms with Gasteiger partial charge in [0, 0.05) is 18.6 Å². The lowest BCUT2D eigenvalue weighted by molar-refractivity contribution is -0.125. The zero-order chi connectivity index (χ0) is 13.2. The van der Waals surface area contributed by atoms with Gasteiger partial charge in [0.15, 0.2) is 0 Å². The molecule has 3 atom stereocenters. The van der Waals surface area contributed by atoms with Gasteiger partial charge in [0.05, 0.1) is 13.0 Å². The third-order valence-corrected chi connectivity index (χ3v) is 4.26. The van der Waals surface area contributed by atoms with E-state index in [4.69, 9.17) is 4.74 Å². The summed E-state index contributed by atoms with van der Waals surface area (Å²) in [7, 11) is 1.65. The van der Waals surface area contributed by atoms with Crippen LogP contribution in [0.15, 0.2) is 24.3 Å². The molecular weight excluding hydrogens is 240 g/mol. The smallest absolute Gasteiger partial charge is 0.225 e. The molecule has 3 unspecified atom stereocenters. The molecule has 4 heteroatoms. The molecule has 1 aromatic carbocycles. The van der Waals surface area contributed by atoms with Crippen molar-refractivity contribution < 1.29 is 9.53 Å². The maximum Gasteiger partial charge on any atom is 0.225 e. The van der Waals surface area contributed by atoms with Crippen LogP contribution >= 0.6 is 0 Å². The molecule has 2 fully saturated rings. The quantitative estimate of drug-likeness (QED) is 0.861. The Bertz CT molecular complexity index is 458. The van der Waals surface area contributed by atoms with Gasteiger partial charge in [0.2, 0.25) is 5.91 Å². The van der Waals surface area contributed by atoms with Gasteiger partial charge >= 0.3 is 0 Å². The molecule has 2 N–H and O–H groups in total. The summed E-state index contributed by atoms with van der Waals surface area (Å²) in [6.45, 7) is 0.594. The highest BCUT2D eigenvalue weighted by molar-refractivity contribution is 5.80. The molecule has 1 aromatic rings. The Morgan fingerprint density at radius 3 is 2.74 bits per heavy atom. The van der Waals surface area contributed by atoms with E-state index >= 15 is 0 Å². The van der Waals surface area contributed by atoms with Crippen LogP contribution < -0.4 is 15.4 Å². The minimum absolute atomic E-state index is 0.164. The van der Waals surface area contributed by atoms with Gasteiger partial charge in [-0.1, -0.05) is 12.1 Å². The van der Waals surface area contributed by atoms with Crippen LogP contribution in [0, 0.1) is 5.92 Å². The highest BCUT2D eigenvalue weighted by Crippen LogP contribution is 2.33. The van der Waals surface area contributed by atoms with Gasteiger partial charge in [0.25, 0.3) is 0 Å². The van der Waals surface area contributed by atoms with E-state index in [-0.39, 0.29) is 11.8 Å². The predicted octanol–water partition coefficient (Wildman–Crippen LogP) is 1.45. The Hall–Kier alpha value is -1.55. The van der Waals surface area contributed by atoms with Crippen LogP contribution in [0.2, 0.25) is 0 Å². The minimum atomic E-state index is 0.164. The molecular formula is C15H20N2O2. The van der Waals surface area contributed by atoms with Crippen molar-refractivity contribution in [3.63, 3.8) is 0 Å². The maximum absolute atomic E-state index is 12.2. The first kappa shape index (κ1) is 12.5. The van der Waals surface area contributed by atoms with E-state index in [0.29, 0.717) is 18.6 Å². The Balaban J connectivity index is 1.52. The number of amides is 1. The zero-order valence-corrected chi connectivity index (χ0v) is 11.2. The van der Waals surface area contributed by atoms with Crippen molar-refractivity contribution in [3.8, 4) is 5.75 Å².